The standard InChI is InChI=1S/C12H4Br2N4Se2.C12H6N4Se2/c13-7-3-1-5(9-11(7)17-19-15-9)6-2-4-8(14)12-10(6)16-20-18-12;1-3-7(11-9(5-1)13-17-15-11)8-4-2-6-10-12(8)16-18-14-10/h1-4H;1-6H. The molecular formula is C24H10Br2N8Se4. The molecule has 0 atom stereocenters. The Kier molecular flexibility index (Phi) is 7.13. The molecule has 4 aromatic carbocycles. The van der Waals surface area contributed by atoms with Gasteiger partial charge in [0.05, 0.1) is 0 Å². The van der Waals surface area contributed by atoms with Crippen molar-refractivity contribution in [2.75, 3.05) is 0 Å². The molecule has 8 nitrogen and oxygen atoms in total. The first-order chi connectivity index (χ1) is 18.7. The Bertz CT molecular complexity index is 1950. The van der Waals surface area contributed by atoms with Crippen LogP contribution in [0.1, 0.15) is 0 Å². The average Bonchev–Trinajstić information content (AvgIpc) is 3.75. The van der Waals surface area contributed by atoms with Crippen LogP contribution in [-0.2, 0) is 0 Å². The van der Waals surface area contributed by atoms with Crippen LogP contribution in [0.15, 0.2) is 69.6 Å². The van der Waals surface area contributed by atoms with Crippen LogP contribution in [0.4, 0.5) is 0 Å². The van der Waals surface area contributed by atoms with Gasteiger partial charge in [-0.3, -0.25) is 0 Å². The molecule has 8 aromatic rings. The second-order valence-electron chi connectivity index (χ2n) is 7.99. The van der Waals surface area contributed by atoms with Crippen LogP contribution < -0.4 is 0 Å². The van der Waals surface area contributed by atoms with Crippen molar-refractivity contribution in [2.45, 2.75) is 0 Å². The molecule has 0 fully saturated rings. The van der Waals surface area contributed by atoms with E-state index in [2.05, 4.69) is 88.0 Å². The van der Waals surface area contributed by atoms with Gasteiger partial charge >= 0.3 is 260 Å². The third kappa shape index (κ3) is 4.47. The first-order valence-corrected chi connectivity index (χ1v) is 18.7. The molecule has 0 radical (unpaired) electrons. The van der Waals surface area contributed by atoms with E-state index in [4.69, 9.17) is 0 Å². The van der Waals surface area contributed by atoms with E-state index in [-0.39, 0.29) is 59.8 Å². The van der Waals surface area contributed by atoms with Gasteiger partial charge < -0.3 is 0 Å². The Hall–Kier alpha value is -1.68. The van der Waals surface area contributed by atoms with E-state index in [1.807, 2.05) is 36.4 Å². The predicted octanol–water partition coefficient (Wildman–Crippen LogP) is 4.23. The van der Waals surface area contributed by atoms with E-state index in [1.165, 1.54) is 0 Å². The number of hydrogen-bond donors (Lipinski definition) is 0. The molecule has 184 valence electrons. The van der Waals surface area contributed by atoms with Crippen LogP contribution in [0, 0.1) is 0 Å². The molecule has 0 bridgehead atoms. The van der Waals surface area contributed by atoms with Gasteiger partial charge in [-0.1, -0.05) is 0 Å². The molecule has 0 spiro atoms. The fourth-order valence-electron chi connectivity index (χ4n) is 4.15. The molecule has 4 aromatic heterocycles. The van der Waals surface area contributed by atoms with E-state index in [0.717, 1.165) is 75.3 Å². The molecule has 38 heavy (non-hydrogen) atoms. The molecule has 4 heterocycles. The van der Waals surface area contributed by atoms with Gasteiger partial charge in [0.15, 0.2) is 0 Å². The molecule has 14 heteroatoms. The van der Waals surface area contributed by atoms with E-state index < -0.39 is 0 Å². The van der Waals surface area contributed by atoms with Crippen LogP contribution in [0.2, 0.25) is 0 Å². The van der Waals surface area contributed by atoms with Crippen LogP contribution in [0.3, 0.4) is 0 Å². The molecule has 0 saturated heterocycles. The number of fused-ring (bicyclic) bond motifs is 4. The quantitative estimate of drug-likeness (QED) is 0.238. The zero-order valence-corrected chi connectivity index (χ0v) is 28.8. The third-order valence-corrected chi connectivity index (χ3v) is 11.7. The Balaban J connectivity index is 0.000000128. The molecular weight excluding hydrogens is 876 g/mol. The van der Waals surface area contributed by atoms with Gasteiger partial charge in [-0.05, 0) is 0 Å². The SMILES string of the molecule is Brc1ccc(-c2ccc(Br)c3n[se]nc23)c2n[se]nc12.c1cc(-c2cccc3n[se]nc23)c2n[se]nc2c1. The van der Waals surface area contributed by atoms with Gasteiger partial charge in [-0.15, -0.1) is 0 Å². The van der Waals surface area contributed by atoms with Crippen molar-refractivity contribution in [3.63, 3.8) is 0 Å². The van der Waals surface area contributed by atoms with Gasteiger partial charge in [-0.25, -0.2) is 0 Å². The van der Waals surface area contributed by atoms with Gasteiger partial charge in [0, 0.05) is 0 Å². The molecule has 0 saturated carbocycles. The topological polar surface area (TPSA) is 103 Å². The van der Waals surface area contributed by atoms with E-state index in [0.29, 0.717) is 0 Å². The summed E-state index contributed by atoms with van der Waals surface area (Å²) in [5, 5.41) is 0. The monoisotopic (exact) mass is 888 g/mol. The van der Waals surface area contributed by atoms with Gasteiger partial charge in [0.2, 0.25) is 0 Å². The minimum atomic E-state index is -0.0506. The maximum absolute atomic E-state index is 4.57. The Morgan fingerprint density at radius 3 is 1.21 bits per heavy atom. The summed E-state index contributed by atoms with van der Waals surface area (Å²) in [6.07, 6.45) is 0. The number of aromatic nitrogens is 8. The molecule has 0 N–H and O–H groups in total. The van der Waals surface area contributed by atoms with E-state index in [1.54, 1.807) is 0 Å². The Labute approximate surface area is 257 Å². The third-order valence-electron chi connectivity index (χ3n) is 5.88. The van der Waals surface area contributed by atoms with Gasteiger partial charge in [0.1, 0.15) is 0 Å². The Morgan fingerprint density at radius 1 is 0.368 bits per heavy atom. The molecule has 8 rings (SSSR count). The van der Waals surface area contributed by atoms with Gasteiger partial charge in [0.25, 0.3) is 0 Å². The van der Waals surface area contributed by atoms with Crippen molar-refractivity contribution < 1.29 is 0 Å². The summed E-state index contributed by atoms with van der Waals surface area (Å²) in [4.78, 5) is 0. The number of nitrogens with zero attached hydrogens (tertiary/aromatic N) is 8. The summed E-state index contributed by atoms with van der Waals surface area (Å²) in [5.74, 6) is 0. The van der Waals surface area contributed by atoms with Crippen LogP contribution >= 0.6 is 31.9 Å². The van der Waals surface area contributed by atoms with E-state index in [9.17, 15) is 0 Å². The number of rotatable bonds is 2. The number of halogens is 2. The summed E-state index contributed by atoms with van der Waals surface area (Å²) in [7, 11) is 0. The van der Waals surface area contributed by atoms with E-state index >= 15 is 0 Å². The second-order valence-corrected chi connectivity index (χ2v) is 14.1. The Morgan fingerprint density at radius 2 is 0.737 bits per heavy atom. The molecule has 0 amide bonds. The normalized spacial score (nSPS) is 11.4. The first kappa shape index (κ1) is 25.3. The fraction of sp³-hybridized carbons (Fsp3) is 0. The molecule has 0 unspecified atom stereocenters. The van der Waals surface area contributed by atoms with Crippen molar-refractivity contribution in [1.82, 2.24) is 31.8 Å². The van der Waals surface area contributed by atoms with Gasteiger partial charge in [-0.2, -0.15) is 0 Å². The number of benzene rings is 4. The predicted molar refractivity (Wildman–Crippen MR) is 159 cm³/mol. The second kappa shape index (κ2) is 10.7. The number of hydrogen-bond acceptors (Lipinski definition) is 8. The van der Waals surface area contributed by atoms with Crippen molar-refractivity contribution >= 4 is 136 Å². The summed E-state index contributed by atoms with van der Waals surface area (Å²) in [6.45, 7) is 0. The fourth-order valence-corrected chi connectivity index (χ4v) is 10.2. The van der Waals surface area contributed by atoms with Crippen LogP contribution in [0.5, 0.6) is 0 Å². The summed E-state index contributed by atoms with van der Waals surface area (Å²) in [5.41, 5.74) is 12.3. The minimum absolute atomic E-state index is 0.00183. The average molecular weight is 886 g/mol. The molecule has 0 aliphatic rings. The zero-order valence-electron chi connectivity index (χ0n) is 18.7. The van der Waals surface area contributed by atoms with Crippen molar-refractivity contribution in [3.05, 3.63) is 69.6 Å². The summed E-state index contributed by atoms with van der Waals surface area (Å²) in [6, 6.07) is 20.5. The summed E-state index contributed by atoms with van der Waals surface area (Å²) < 4.78 is 38.0. The zero-order chi connectivity index (χ0) is 25.6. The van der Waals surface area contributed by atoms with Crippen LogP contribution in [-0.4, -0.2) is 91.7 Å². The van der Waals surface area contributed by atoms with Crippen molar-refractivity contribution in [2.24, 2.45) is 0 Å². The maximum atomic E-state index is 4.57. The summed E-state index contributed by atoms with van der Waals surface area (Å²) >= 11 is 6.98. The molecule has 0 aliphatic heterocycles. The first-order valence-electron chi connectivity index (χ1n) is 10.9. The van der Waals surface area contributed by atoms with Crippen molar-refractivity contribution in [3.8, 4) is 22.3 Å². The van der Waals surface area contributed by atoms with Crippen molar-refractivity contribution in [1.29, 1.82) is 0 Å². The molecule has 0 aliphatic carbocycles. The van der Waals surface area contributed by atoms with Crippen LogP contribution in [0.25, 0.3) is 66.4 Å².